The van der Waals surface area contributed by atoms with Crippen LogP contribution in [-0.2, 0) is 35.1 Å². The van der Waals surface area contributed by atoms with Crippen molar-refractivity contribution in [2.24, 2.45) is 0 Å². The molecule has 0 atom stereocenters. The summed E-state index contributed by atoms with van der Waals surface area (Å²) in [5.74, 6) is 0.149. The number of hydrogen-bond donors (Lipinski definition) is 0. The van der Waals surface area contributed by atoms with Crippen molar-refractivity contribution in [2.75, 3.05) is 0 Å². The summed E-state index contributed by atoms with van der Waals surface area (Å²) in [7, 11) is 0. The monoisotopic (exact) mass is 602 g/mol. The van der Waals surface area contributed by atoms with Crippen molar-refractivity contribution in [2.45, 2.75) is 66.2 Å². The molecule has 200 valence electrons. The SMILES string of the molecule is CC(C)(C)c1ccc([O-])c(C(C)(C)C)c1.C[C](C)=[Zr+2].[Cl-].c1ccc2[cH-]ccc2c1.c1ccc2[cH-]ccc2c1. The van der Waals surface area contributed by atoms with Crippen LogP contribution in [0.2, 0.25) is 0 Å². The molecular weight excluding hydrogens is 563 g/mol. The van der Waals surface area contributed by atoms with Crippen molar-refractivity contribution in [3.8, 4) is 5.75 Å². The number of hydrogen-bond acceptors (Lipinski definition) is 1. The molecule has 0 N–H and O–H groups in total. The van der Waals surface area contributed by atoms with Crippen LogP contribution >= 0.6 is 0 Å². The van der Waals surface area contributed by atoms with Gasteiger partial charge in [0.05, 0.1) is 0 Å². The zero-order valence-electron chi connectivity index (χ0n) is 24.1. The van der Waals surface area contributed by atoms with Gasteiger partial charge in [-0.2, -0.15) is 35.0 Å². The molecule has 0 fully saturated rings. The Morgan fingerprint density at radius 1 is 0.658 bits per heavy atom. The van der Waals surface area contributed by atoms with Gasteiger partial charge in [-0.15, -0.1) is 65.1 Å². The van der Waals surface area contributed by atoms with E-state index in [1.54, 1.807) is 30.3 Å². The van der Waals surface area contributed by atoms with Gasteiger partial charge < -0.3 is 17.5 Å². The van der Waals surface area contributed by atoms with E-state index in [0.717, 1.165) is 5.56 Å². The van der Waals surface area contributed by atoms with Gasteiger partial charge in [0.1, 0.15) is 0 Å². The number of rotatable bonds is 0. The molecule has 38 heavy (non-hydrogen) atoms. The van der Waals surface area contributed by atoms with Crippen LogP contribution in [0.4, 0.5) is 0 Å². The van der Waals surface area contributed by atoms with Gasteiger partial charge in [0.2, 0.25) is 0 Å². The molecule has 5 rings (SSSR count). The summed E-state index contributed by atoms with van der Waals surface area (Å²) in [6.07, 6.45) is 0. The maximum Gasteiger partial charge on any atom is -0.0809 e. The van der Waals surface area contributed by atoms with E-state index >= 15 is 0 Å². The van der Waals surface area contributed by atoms with E-state index in [-0.39, 0.29) is 29.0 Å². The molecule has 0 amide bonds. The Labute approximate surface area is 251 Å². The summed E-state index contributed by atoms with van der Waals surface area (Å²) in [6, 6.07) is 35.0. The van der Waals surface area contributed by atoms with E-state index in [1.165, 1.54) is 30.3 Å². The topological polar surface area (TPSA) is 23.1 Å². The second-order valence-corrected chi connectivity index (χ2v) is 14.0. The molecule has 0 saturated heterocycles. The van der Waals surface area contributed by atoms with Crippen molar-refractivity contribution in [3.05, 3.63) is 114 Å². The zero-order chi connectivity index (χ0) is 27.6. The maximum atomic E-state index is 11.7. The van der Waals surface area contributed by atoms with Crippen LogP contribution in [0.3, 0.4) is 0 Å². The summed E-state index contributed by atoms with van der Waals surface area (Å²) < 4.78 is 1.51. The summed E-state index contributed by atoms with van der Waals surface area (Å²) in [5.41, 5.74) is 2.17. The van der Waals surface area contributed by atoms with Gasteiger partial charge in [-0.3, -0.25) is 0 Å². The first-order valence-corrected chi connectivity index (χ1v) is 14.1. The van der Waals surface area contributed by atoms with Gasteiger partial charge in [0.25, 0.3) is 0 Å². The molecule has 0 aliphatic carbocycles. The quantitative estimate of drug-likeness (QED) is 0.193. The van der Waals surface area contributed by atoms with E-state index in [9.17, 15) is 5.11 Å². The van der Waals surface area contributed by atoms with Crippen LogP contribution in [0, 0.1) is 0 Å². The number of benzene rings is 3. The second kappa shape index (κ2) is 15.3. The Bertz CT molecular complexity index is 1260. The van der Waals surface area contributed by atoms with Crippen molar-refractivity contribution >= 4 is 24.8 Å². The van der Waals surface area contributed by atoms with Crippen molar-refractivity contribution < 1.29 is 41.7 Å². The molecule has 0 unspecified atom stereocenters. The van der Waals surface area contributed by atoms with E-state index in [1.807, 2.05) is 6.07 Å². The van der Waals surface area contributed by atoms with Crippen LogP contribution in [0.5, 0.6) is 5.75 Å². The van der Waals surface area contributed by atoms with Gasteiger partial charge in [-0.05, 0) is 16.4 Å². The molecule has 5 aromatic carbocycles. The average Bonchev–Trinajstić information content (AvgIpc) is 3.48. The molecule has 3 heteroatoms. The van der Waals surface area contributed by atoms with Crippen molar-refractivity contribution in [3.63, 3.8) is 0 Å². The first-order chi connectivity index (χ1) is 17.3. The minimum Gasteiger partial charge on any atom is -1.00 e. The summed E-state index contributed by atoms with van der Waals surface area (Å²) in [5, 5.41) is 17.1. The van der Waals surface area contributed by atoms with Gasteiger partial charge in [0.15, 0.2) is 0 Å². The van der Waals surface area contributed by atoms with Crippen LogP contribution in [0.1, 0.15) is 66.5 Å². The Morgan fingerprint density at radius 3 is 1.45 bits per heavy atom. The largest absolute Gasteiger partial charge is 1.00 e. The van der Waals surface area contributed by atoms with Crippen molar-refractivity contribution in [1.29, 1.82) is 0 Å². The predicted octanol–water partition coefficient (Wildman–Crippen LogP) is 6.22. The fraction of sp³-hybridized carbons (Fsp3) is 0.286. The summed E-state index contributed by atoms with van der Waals surface area (Å²) >= 11 is 1.55. The van der Waals surface area contributed by atoms with Crippen LogP contribution in [-0.4, -0.2) is 3.21 Å². The third-order valence-electron chi connectivity index (χ3n) is 5.75. The standard InChI is InChI=1S/C14H22O.2C9H7.C3H6.ClH.Zr/c1-13(2,3)10-7-8-12(15)11(9-10)14(4,5)6;2*1-2-5-9-7-3-6-8(9)4-1;1-3-2;;/h7-9,15H,1-6H3;2*1-7H;1-2H3;1H;/q;2*-1;;;+2/p-2. The molecule has 0 bridgehead atoms. The van der Waals surface area contributed by atoms with Gasteiger partial charge >= 0.3 is 41.3 Å². The molecule has 1 nitrogen and oxygen atoms in total. The third kappa shape index (κ3) is 11.2. The molecule has 0 heterocycles. The molecule has 0 spiro atoms. The molecule has 5 aromatic rings. The average molecular weight is 604 g/mol. The Morgan fingerprint density at radius 2 is 1.08 bits per heavy atom. The van der Waals surface area contributed by atoms with Crippen LogP contribution in [0.15, 0.2) is 103 Å². The number of halogens is 1. The van der Waals surface area contributed by atoms with Crippen LogP contribution < -0.4 is 17.5 Å². The third-order valence-corrected chi connectivity index (χ3v) is 5.75. The molecular formula is C35H41ClOZr-2. The zero-order valence-corrected chi connectivity index (χ0v) is 27.3. The second-order valence-electron chi connectivity index (χ2n) is 11.5. The van der Waals surface area contributed by atoms with E-state index < -0.39 is 0 Å². The van der Waals surface area contributed by atoms with Gasteiger partial charge in [-0.25, -0.2) is 0 Å². The van der Waals surface area contributed by atoms with E-state index in [2.05, 4.69) is 146 Å². The van der Waals surface area contributed by atoms with E-state index in [4.69, 9.17) is 0 Å². The van der Waals surface area contributed by atoms with Gasteiger partial charge in [0, 0.05) is 0 Å². The molecule has 0 aromatic heterocycles. The van der Waals surface area contributed by atoms with Crippen LogP contribution in [0.25, 0.3) is 21.5 Å². The fourth-order valence-electron chi connectivity index (χ4n) is 3.72. The minimum absolute atomic E-state index is 0. The number of fused-ring (bicyclic) bond motifs is 2. The summed E-state index contributed by atoms with van der Waals surface area (Å²) in [6.45, 7) is 17.0. The molecule has 0 saturated carbocycles. The van der Waals surface area contributed by atoms with Crippen molar-refractivity contribution in [1.82, 2.24) is 0 Å². The smallest absolute Gasteiger partial charge is 0.0809 e. The Hall–Kier alpha value is -2.28. The summed E-state index contributed by atoms with van der Waals surface area (Å²) in [4.78, 5) is 0. The van der Waals surface area contributed by atoms with Gasteiger partial charge in [-0.1, -0.05) is 77.4 Å². The maximum absolute atomic E-state index is 11.7. The Kier molecular flexibility index (Phi) is 13.6. The Balaban J connectivity index is 0.000000272. The normalized spacial score (nSPS) is 10.7. The predicted molar refractivity (Wildman–Crippen MR) is 159 cm³/mol. The van der Waals surface area contributed by atoms with E-state index in [0.29, 0.717) is 0 Å². The molecule has 0 radical (unpaired) electrons. The fourth-order valence-corrected chi connectivity index (χ4v) is 3.72. The molecule has 0 aliphatic heterocycles. The first kappa shape index (κ1) is 33.8. The first-order valence-electron chi connectivity index (χ1n) is 12.8. The molecule has 0 aliphatic rings. The minimum atomic E-state index is -0.0711.